The molecule has 3 fully saturated rings. The fraction of sp³-hybridized carbons (Fsp3) is 0.722. The number of nitrogens with zero attached hydrogens (tertiary/aromatic N) is 4. The molecule has 3 aliphatic rings. The zero-order valence-electron chi connectivity index (χ0n) is 15.2. The van der Waals surface area contributed by atoms with Gasteiger partial charge in [-0.3, -0.25) is 4.79 Å². The number of amides is 1. The van der Waals surface area contributed by atoms with Gasteiger partial charge in [-0.1, -0.05) is 0 Å². The van der Waals surface area contributed by atoms with Crippen LogP contribution in [0.3, 0.4) is 0 Å². The molecule has 0 aromatic carbocycles. The van der Waals surface area contributed by atoms with E-state index in [1.807, 2.05) is 11.0 Å². The average molecular weight is 359 g/mol. The Morgan fingerprint density at radius 1 is 1.23 bits per heavy atom. The summed E-state index contributed by atoms with van der Waals surface area (Å²) < 4.78 is 0. The van der Waals surface area contributed by atoms with Crippen molar-refractivity contribution in [2.45, 2.75) is 50.2 Å². The highest BCUT2D eigenvalue weighted by molar-refractivity contribution is 5.82. The van der Waals surface area contributed by atoms with Gasteiger partial charge < -0.3 is 26.2 Å². The smallest absolute Gasteiger partial charge is 0.239 e. The molecule has 0 radical (unpaired) electrons. The number of anilines is 2. The second-order valence-corrected chi connectivity index (χ2v) is 7.63. The number of hydrogen-bond donors (Lipinski definition) is 3. The zero-order valence-corrected chi connectivity index (χ0v) is 15.2. The number of hydrogen-bond acceptors (Lipinski definition) is 7. The van der Waals surface area contributed by atoms with E-state index in [0.29, 0.717) is 12.0 Å². The van der Waals surface area contributed by atoms with E-state index in [4.69, 9.17) is 5.73 Å². The molecule has 8 nitrogen and oxygen atoms in total. The van der Waals surface area contributed by atoms with E-state index >= 15 is 0 Å². The fourth-order valence-corrected chi connectivity index (χ4v) is 4.13. The quantitative estimate of drug-likeness (QED) is 0.705. The standard InChI is InChI=1S/C18H29N7O/c19-13-4-9-25(12-13)16-3-8-21-18(23-16)22-14-5-10-24(11-6-14)17(26)15-2-1-7-20-15/h3,8,13-15,20H,1-2,4-7,9-12,19H2,(H,21,22,23)/t13?,15-/m0/s1. The molecule has 26 heavy (non-hydrogen) atoms. The molecule has 0 bridgehead atoms. The van der Waals surface area contributed by atoms with Crippen molar-refractivity contribution in [2.75, 3.05) is 42.9 Å². The van der Waals surface area contributed by atoms with Gasteiger partial charge in [0.1, 0.15) is 5.82 Å². The summed E-state index contributed by atoms with van der Waals surface area (Å²) >= 11 is 0. The molecule has 3 saturated heterocycles. The number of rotatable bonds is 4. The second-order valence-electron chi connectivity index (χ2n) is 7.63. The Hall–Kier alpha value is -1.93. The molecule has 1 aromatic rings. The first kappa shape index (κ1) is 17.5. The molecule has 1 unspecified atom stereocenters. The Morgan fingerprint density at radius 3 is 2.77 bits per heavy atom. The lowest BCUT2D eigenvalue weighted by molar-refractivity contribution is -0.134. The summed E-state index contributed by atoms with van der Waals surface area (Å²) in [4.78, 5) is 25.7. The fourth-order valence-electron chi connectivity index (χ4n) is 4.13. The van der Waals surface area contributed by atoms with Crippen LogP contribution in [0.15, 0.2) is 12.3 Å². The average Bonchev–Trinajstić information content (AvgIpc) is 3.34. The van der Waals surface area contributed by atoms with E-state index in [1.54, 1.807) is 6.20 Å². The SMILES string of the molecule is NC1CCN(c2ccnc(NC3CCN(C(=O)[C@@H]4CCCN4)CC3)n2)C1. The Morgan fingerprint density at radius 2 is 2.08 bits per heavy atom. The normalized spacial score (nSPS) is 27.1. The van der Waals surface area contributed by atoms with Crippen LogP contribution in [0.2, 0.25) is 0 Å². The maximum absolute atomic E-state index is 12.5. The minimum atomic E-state index is 0.0337. The number of nitrogens with two attached hydrogens (primary N) is 1. The van der Waals surface area contributed by atoms with Crippen molar-refractivity contribution in [1.82, 2.24) is 20.2 Å². The van der Waals surface area contributed by atoms with Gasteiger partial charge >= 0.3 is 0 Å². The predicted octanol–water partition coefficient (Wildman–Crippen LogP) is 0.169. The van der Waals surface area contributed by atoms with Crippen LogP contribution in [-0.4, -0.2) is 71.6 Å². The number of carbonyl (C=O) groups is 1. The van der Waals surface area contributed by atoms with Gasteiger partial charge in [-0.2, -0.15) is 4.98 Å². The van der Waals surface area contributed by atoms with Crippen molar-refractivity contribution in [2.24, 2.45) is 5.73 Å². The third kappa shape index (κ3) is 3.91. The molecule has 142 valence electrons. The van der Waals surface area contributed by atoms with Crippen LogP contribution in [0.25, 0.3) is 0 Å². The largest absolute Gasteiger partial charge is 0.355 e. The topological polar surface area (TPSA) is 99.4 Å². The molecule has 1 aromatic heterocycles. The van der Waals surface area contributed by atoms with Gasteiger partial charge in [0.2, 0.25) is 11.9 Å². The third-order valence-electron chi connectivity index (χ3n) is 5.69. The van der Waals surface area contributed by atoms with Crippen LogP contribution < -0.4 is 21.3 Å². The first-order valence-electron chi connectivity index (χ1n) is 9.81. The summed E-state index contributed by atoms with van der Waals surface area (Å²) in [6.07, 6.45) is 6.75. The van der Waals surface area contributed by atoms with Gasteiger partial charge in [0.25, 0.3) is 0 Å². The monoisotopic (exact) mass is 359 g/mol. The van der Waals surface area contributed by atoms with Crippen LogP contribution >= 0.6 is 0 Å². The number of piperidine rings is 1. The van der Waals surface area contributed by atoms with E-state index in [-0.39, 0.29) is 18.0 Å². The summed E-state index contributed by atoms with van der Waals surface area (Å²) in [5, 5.41) is 6.75. The molecule has 0 saturated carbocycles. The molecular weight excluding hydrogens is 330 g/mol. The predicted molar refractivity (Wildman–Crippen MR) is 101 cm³/mol. The first-order valence-corrected chi connectivity index (χ1v) is 9.81. The van der Waals surface area contributed by atoms with Crippen molar-refractivity contribution in [3.05, 3.63) is 12.3 Å². The van der Waals surface area contributed by atoms with Crippen molar-refractivity contribution >= 4 is 17.7 Å². The Bertz CT molecular complexity index is 626. The van der Waals surface area contributed by atoms with Crippen molar-refractivity contribution in [3.8, 4) is 0 Å². The van der Waals surface area contributed by atoms with E-state index in [2.05, 4.69) is 25.5 Å². The lowest BCUT2D eigenvalue weighted by Crippen LogP contribution is -2.48. The Balaban J connectivity index is 1.29. The molecule has 1 amide bonds. The summed E-state index contributed by atoms with van der Waals surface area (Å²) in [5.41, 5.74) is 6.00. The van der Waals surface area contributed by atoms with Crippen molar-refractivity contribution < 1.29 is 4.79 Å². The first-order chi connectivity index (χ1) is 12.7. The summed E-state index contributed by atoms with van der Waals surface area (Å²) in [5.74, 6) is 1.88. The number of aromatic nitrogens is 2. The van der Waals surface area contributed by atoms with Gasteiger partial charge in [-0.05, 0) is 44.7 Å². The second kappa shape index (κ2) is 7.75. The highest BCUT2D eigenvalue weighted by atomic mass is 16.2. The molecule has 4 N–H and O–H groups in total. The minimum absolute atomic E-state index is 0.0337. The maximum atomic E-state index is 12.5. The highest BCUT2D eigenvalue weighted by Crippen LogP contribution is 2.20. The van der Waals surface area contributed by atoms with Gasteiger partial charge in [0.05, 0.1) is 6.04 Å². The van der Waals surface area contributed by atoms with Crippen molar-refractivity contribution in [3.63, 3.8) is 0 Å². The van der Waals surface area contributed by atoms with Crippen LogP contribution in [0.5, 0.6) is 0 Å². The van der Waals surface area contributed by atoms with E-state index in [0.717, 1.165) is 70.6 Å². The summed E-state index contributed by atoms with van der Waals surface area (Å²) in [7, 11) is 0. The number of nitrogens with one attached hydrogen (secondary N) is 2. The van der Waals surface area contributed by atoms with Crippen LogP contribution in [0.1, 0.15) is 32.1 Å². The number of carbonyl (C=O) groups excluding carboxylic acids is 1. The summed E-state index contributed by atoms with van der Waals surface area (Å²) in [6, 6.07) is 2.52. The van der Waals surface area contributed by atoms with Crippen LogP contribution in [0.4, 0.5) is 11.8 Å². The molecule has 4 heterocycles. The van der Waals surface area contributed by atoms with Gasteiger partial charge in [-0.25, -0.2) is 4.98 Å². The van der Waals surface area contributed by atoms with Crippen molar-refractivity contribution in [1.29, 1.82) is 0 Å². The number of likely N-dealkylation sites (tertiary alicyclic amines) is 1. The molecule has 2 atom stereocenters. The molecule has 0 spiro atoms. The minimum Gasteiger partial charge on any atom is -0.355 e. The maximum Gasteiger partial charge on any atom is 0.239 e. The van der Waals surface area contributed by atoms with Crippen LogP contribution in [-0.2, 0) is 4.79 Å². The third-order valence-corrected chi connectivity index (χ3v) is 5.69. The van der Waals surface area contributed by atoms with Gasteiger partial charge in [0, 0.05) is 44.5 Å². The Kier molecular flexibility index (Phi) is 5.21. The molecule has 0 aliphatic carbocycles. The summed E-state index contributed by atoms with van der Waals surface area (Å²) in [6.45, 7) is 4.37. The highest BCUT2D eigenvalue weighted by Gasteiger charge is 2.30. The van der Waals surface area contributed by atoms with Gasteiger partial charge in [-0.15, -0.1) is 0 Å². The van der Waals surface area contributed by atoms with Gasteiger partial charge in [0.15, 0.2) is 0 Å². The van der Waals surface area contributed by atoms with E-state index < -0.39 is 0 Å². The van der Waals surface area contributed by atoms with E-state index in [1.165, 1.54) is 0 Å². The lowest BCUT2D eigenvalue weighted by atomic mass is 10.0. The van der Waals surface area contributed by atoms with E-state index in [9.17, 15) is 4.79 Å². The molecule has 3 aliphatic heterocycles. The Labute approximate surface area is 154 Å². The zero-order chi connectivity index (χ0) is 17.9. The lowest BCUT2D eigenvalue weighted by Gasteiger charge is -2.34. The molecular formula is C18H29N7O. The van der Waals surface area contributed by atoms with Crippen LogP contribution in [0, 0.1) is 0 Å². The molecule has 4 rings (SSSR count). The molecule has 8 heteroatoms.